The molecule has 170 valence electrons. The summed E-state index contributed by atoms with van der Waals surface area (Å²) in [4.78, 5) is 18.4. The van der Waals surface area contributed by atoms with E-state index in [0.29, 0.717) is 24.7 Å². The van der Waals surface area contributed by atoms with Crippen LogP contribution in [0.25, 0.3) is 0 Å². The minimum atomic E-state index is 0. The molecule has 3 rings (SSSR count). The highest BCUT2D eigenvalue weighted by molar-refractivity contribution is 14.0. The quantitative estimate of drug-likeness (QED) is 0.335. The van der Waals surface area contributed by atoms with Gasteiger partial charge in [-0.15, -0.1) is 34.2 Å². The van der Waals surface area contributed by atoms with E-state index in [2.05, 4.69) is 20.8 Å². The highest BCUT2D eigenvalue weighted by Crippen LogP contribution is 2.17. The van der Waals surface area contributed by atoms with Crippen LogP contribution >= 0.6 is 24.0 Å². The molecule has 1 aliphatic carbocycles. The SMILES string of the molecule is Cc1nnc(CNC(=NCc2ccc(C(=O)N(C)C)cc2)NC2CCCCC2)n1C.I. The van der Waals surface area contributed by atoms with Gasteiger partial charge in [0.25, 0.3) is 5.91 Å². The van der Waals surface area contributed by atoms with Gasteiger partial charge in [-0.1, -0.05) is 31.4 Å². The summed E-state index contributed by atoms with van der Waals surface area (Å²) in [5.41, 5.74) is 1.74. The second-order valence-corrected chi connectivity index (χ2v) is 8.12. The van der Waals surface area contributed by atoms with Gasteiger partial charge >= 0.3 is 0 Å². The van der Waals surface area contributed by atoms with E-state index < -0.39 is 0 Å². The number of carbonyl (C=O) groups excluding carboxylic acids is 1. The van der Waals surface area contributed by atoms with Gasteiger partial charge in [0.05, 0.1) is 13.1 Å². The molecule has 1 aliphatic rings. The van der Waals surface area contributed by atoms with E-state index in [1.54, 1.807) is 19.0 Å². The summed E-state index contributed by atoms with van der Waals surface area (Å²) in [6.45, 7) is 3.04. The molecule has 2 aromatic rings. The van der Waals surface area contributed by atoms with Crippen LogP contribution in [0.1, 0.15) is 59.7 Å². The summed E-state index contributed by atoms with van der Waals surface area (Å²) in [5.74, 6) is 2.55. The highest BCUT2D eigenvalue weighted by atomic mass is 127. The normalized spacial score (nSPS) is 14.6. The number of amides is 1. The number of aryl methyl sites for hydroxylation is 1. The van der Waals surface area contributed by atoms with Crippen molar-refractivity contribution in [2.45, 2.75) is 58.2 Å². The summed E-state index contributed by atoms with van der Waals surface area (Å²) in [6, 6.07) is 8.09. The maximum absolute atomic E-state index is 12.1. The Morgan fingerprint density at radius 3 is 2.42 bits per heavy atom. The molecule has 0 spiro atoms. The number of aliphatic imine (C=N–C) groups is 1. The van der Waals surface area contributed by atoms with Crippen LogP contribution in [0.5, 0.6) is 0 Å². The first-order valence-corrected chi connectivity index (χ1v) is 10.6. The van der Waals surface area contributed by atoms with E-state index >= 15 is 0 Å². The van der Waals surface area contributed by atoms with Crippen LogP contribution in [0.3, 0.4) is 0 Å². The molecule has 8 nitrogen and oxygen atoms in total. The van der Waals surface area contributed by atoms with Gasteiger partial charge < -0.3 is 20.1 Å². The molecule has 0 aliphatic heterocycles. The molecule has 1 fully saturated rings. The summed E-state index contributed by atoms with van der Waals surface area (Å²) in [7, 11) is 5.48. The topological polar surface area (TPSA) is 87.4 Å². The summed E-state index contributed by atoms with van der Waals surface area (Å²) in [5, 5.41) is 15.3. The molecule has 1 aromatic carbocycles. The minimum Gasteiger partial charge on any atom is -0.354 e. The zero-order valence-corrected chi connectivity index (χ0v) is 21.2. The van der Waals surface area contributed by atoms with Crippen molar-refractivity contribution in [3.63, 3.8) is 0 Å². The molecular formula is C22H34IN7O. The van der Waals surface area contributed by atoms with Crippen LogP contribution in [0.2, 0.25) is 0 Å². The highest BCUT2D eigenvalue weighted by Gasteiger charge is 2.15. The summed E-state index contributed by atoms with van der Waals surface area (Å²) in [6.07, 6.45) is 6.17. The molecule has 1 amide bonds. The zero-order chi connectivity index (χ0) is 21.5. The molecule has 2 N–H and O–H groups in total. The van der Waals surface area contributed by atoms with Gasteiger partial charge in [-0.05, 0) is 37.5 Å². The predicted octanol–water partition coefficient (Wildman–Crippen LogP) is 3.01. The Labute approximate surface area is 201 Å². The van der Waals surface area contributed by atoms with Crippen molar-refractivity contribution < 1.29 is 4.79 Å². The maximum Gasteiger partial charge on any atom is 0.253 e. The summed E-state index contributed by atoms with van der Waals surface area (Å²) >= 11 is 0. The van der Waals surface area contributed by atoms with E-state index in [0.717, 1.165) is 23.2 Å². The first-order valence-electron chi connectivity index (χ1n) is 10.6. The Morgan fingerprint density at radius 1 is 1.16 bits per heavy atom. The van der Waals surface area contributed by atoms with E-state index in [-0.39, 0.29) is 29.9 Å². The van der Waals surface area contributed by atoms with Crippen molar-refractivity contribution in [2.75, 3.05) is 14.1 Å². The van der Waals surface area contributed by atoms with E-state index in [1.165, 1.54) is 32.1 Å². The summed E-state index contributed by atoms with van der Waals surface area (Å²) < 4.78 is 1.98. The Hall–Kier alpha value is -2.17. The number of rotatable bonds is 6. The molecule has 0 bridgehead atoms. The lowest BCUT2D eigenvalue weighted by Crippen LogP contribution is -2.44. The van der Waals surface area contributed by atoms with Crippen LogP contribution in [-0.2, 0) is 20.1 Å². The fraction of sp³-hybridized carbons (Fsp3) is 0.545. The first-order chi connectivity index (χ1) is 14.4. The average Bonchev–Trinajstić information content (AvgIpc) is 3.08. The Kier molecular flexibility index (Phi) is 9.73. The molecule has 0 radical (unpaired) electrons. The van der Waals surface area contributed by atoms with E-state index in [1.807, 2.05) is 42.8 Å². The molecule has 1 aromatic heterocycles. The van der Waals surface area contributed by atoms with E-state index in [4.69, 9.17) is 4.99 Å². The van der Waals surface area contributed by atoms with Crippen LogP contribution < -0.4 is 10.6 Å². The van der Waals surface area contributed by atoms with Gasteiger partial charge in [0.1, 0.15) is 5.82 Å². The fourth-order valence-corrected chi connectivity index (χ4v) is 3.54. The largest absolute Gasteiger partial charge is 0.354 e. The molecule has 0 unspecified atom stereocenters. The van der Waals surface area contributed by atoms with Gasteiger partial charge in [0.15, 0.2) is 11.8 Å². The van der Waals surface area contributed by atoms with Crippen LogP contribution in [-0.4, -0.2) is 51.7 Å². The third-order valence-corrected chi connectivity index (χ3v) is 5.57. The molecule has 1 saturated carbocycles. The third kappa shape index (κ3) is 7.19. The first kappa shape index (κ1) is 25.1. The Morgan fingerprint density at radius 2 is 1.84 bits per heavy atom. The number of nitrogens with one attached hydrogen (secondary N) is 2. The number of benzene rings is 1. The number of nitrogens with zero attached hydrogens (tertiary/aromatic N) is 5. The number of aromatic nitrogens is 3. The smallest absolute Gasteiger partial charge is 0.253 e. The number of carbonyl (C=O) groups is 1. The second-order valence-electron chi connectivity index (χ2n) is 8.12. The van der Waals surface area contributed by atoms with Crippen molar-refractivity contribution >= 4 is 35.8 Å². The number of hydrogen-bond acceptors (Lipinski definition) is 4. The second kappa shape index (κ2) is 12.0. The number of halogens is 1. The molecule has 0 atom stereocenters. The monoisotopic (exact) mass is 539 g/mol. The molecular weight excluding hydrogens is 505 g/mol. The van der Waals surface area contributed by atoms with Gasteiger partial charge in [0, 0.05) is 32.7 Å². The van der Waals surface area contributed by atoms with Crippen LogP contribution in [0, 0.1) is 6.92 Å². The van der Waals surface area contributed by atoms with Crippen LogP contribution in [0.4, 0.5) is 0 Å². The molecule has 31 heavy (non-hydrogen) atoms. The van der Waals surface area contributed by atoms with Crippen molar-refractivity contribution in [3.05, 3.63) is 47.0 Å². The van der Waals surface area contributed by atoms with Crippen LogP contribution in [0.15, 0.2) is 29.3 Å². The maximum atomic E-state index is 12.1. The lowest BCUT2D eigenvalue weighted by Gasteiger charge is -2.25. The van der Waals surface area contributed by atoms with Crippen molar-refractivity contribution in [3.8, 4) is 0 Å². The standard InChI is InChI=1S/C22H33N7O.HI/c1-16-26-27-20(29(16)4)15-24-22(25-19-8-6-5-7-9-19)23-14-17-10-12-18(13-11-17)21(30)28(2)3;/h10-13,19H,5-9,14-15H2,1-4H3,(H2,23,24,25);1H. The lowest BCUT2D eigenvalue weighted by atomic mass is 9.96. The van der Waals surface area contributed by atoms with E-state index in [9.17, 15) is 4.79 Å². The lowest BCUT2D eigenvalue weighted by molar-refractivity contribution is 0.0827. The van der Waals surface area contributed by atoms with Crippen molar-refractivity contribution in [1.82, 2.24) is 30.3 Å². The Balaban J connectivity index is 0.00000341. The molecule has 1 heterocycles. The van der Waals surface area contributed by atoms with Gasteiger partial charge in [-0.2, -0.15) is 0 Å². The molecule has 0 saturated heterocycles. The fourth-order valence-electron chi connectivity index (χ4n) is 3.54. The van der Waals surface area contributed by atoms with Gasteiger partial charge in [0.2, 0.25) is 0 Å². The van der Waals surface area contributed by atoms with Gasteiger partial charge in [-0.3, -0.25) is 4.79 Å². The number of hydrogen-bond donors (Lipinski definition) is 2. The third-order valence-electron chi connectivity index (χ3n) is 5.57. The van der Waals surface area contributed by atoms with Crippen molar-refractivity contribution in [1.29, 1.82) is 0 Å². The molecule has 9 heteroatoms. The Bertz CT molecular complexity index is 870. The van der Waals surface area contributed by atoms with Gasteiger partial charge in [-0.25, -0.2) is 4.99 Å². The average molecular weight is 539 g/mol. The zero-order valence-electron chi connectivity index (χ0n) is 18.9. The number of guanidine groups is 1. The predicted molar refractivity (Wildman–Crippen MR) is 134 cm³/mol. The minimum absolute atomic E-state index is 0. The van der Waals surface area contributed by atoms with Crippen molar-refractivity contribution in [2.24, 2.45) is 12.0 Å².